The van der Waals surface area contributed by atoms with Crippen LogP contribution in [-0.4, -0.2) is 47.2 Å². The Labute approximate surface area is 180 Å². The van der Waals surface area contributed by atoms with Crippen LogP contribution in [0.5, 0.6) is 0 Å². The molecule has 6 N–H and O–H groups in total. The molecule has 4 aliphatic rings. The summed E-state index contributed by atoms with van der Waals surface area (Å²) in [6, 6.07) is 0. The van der Waals surface area contributed by atoms with Gasteiger partial charge in [-0.25, -0.2) is 0 Å². The Hall–Kier alpha value is -1.34. The standard InChI is InChI=1S/C23H40N4O3/c1-21-8-6-17(28)13-15(21)3-4-19-18(21)7-9-22(2)16(5-10-23(19,22)29)14-27-30-12-11-26-20(24)25/h14-19,28-29H,3-13H2,1-2H3,(H4,24,25,26)/b27-14+/t15?,16?,17?,18-,19-,21+,22-,23-/m1/s1. The summed E-state index contributed by atoms with van der Waals surface area (Å²) in [4.78, 5) is 5.36. The van der Waals surface area contributed by atoms with E-state index in [-0.39, 0.29) is 28.8 Å². The summed E-state index contributed by atoms with van der Waals surface area (Å²) in [6.07, 6.45) is 10.9. The van der Waals surface area contributed by atoms with Gasteiger partial charge in [-0.15, -0.1) is 0 Å². The topological polar surface area (TPSA) is 124 Å². The van der Waals surface area contributed by atoms with Crippen molar-refractivity contribution in [3.63, 3.8) is 0 Å². The van der Waals surface area contributed by atoms with E-state index in [0.29, 0.717) is 30.9 Å². The number of nitrogens with two attached hydrogens (primary N) is 1. The first-order valence-electron chi connectivity index (χ1n) is 11.8. The number of aliphatic hydroxyl groups is 2. The summed E-state index contributed by atoms with van der Waals surface area (Å²) in [6.45, 7) is 5.53. The van der Waals surface area contributed by atoms with E-state index in [9.17, 15) is 10.2 Å². The highest BCUT2D eigenvalue weighted by Crippen LogP contribution is 2.68. The Kier molecular flexibility index (Phi) is 5.81. The first-order chi connectivity index (χ1) is 14.2. The largest absolute Gasteiger partial charge is 0.394 e. The van der Waals surface area contributed by atoms with E-state index in [4.69, 9.17) is 16.0 Å². The monoisotopic (exact) mass is 420 g/mol. The van der Waals surface area contributed by atoms with Crippen LogP contribution in [0, 0.1) is 39.9 Å². The first-order valence-corrected chi connectivity index (χ1v) is 11.8. The second-order valence-corrected chi connectivity index (χ2v) is 10.9. The van der Waals surface area contributed by atoms with Gasteiger partial charge in [-0.3, -0.25) is 5.41 Å². The first kappa shape index (κ1) is 21.9. The molecule has 0 amide bonds. The predicted octanol–water partition coefficient (Wildman–Crippen LogP) is 2.61. The van der Waals surface area contributed by atoms with Crippen molar-refractivity contribution in [1.29, 1.82) is 5.41 Å². The molecular formula is C23H40N4O3. The summed E-state index contributed by atoms with van der Waals surface area (Å²) in [5.41, 5.74) is 4.73. The van der Waals surface area contributed by atoms with Crippen LogP contribution in [0.25, 0.3) is 0 Å². The number of guanidine groups is 1. The molecule has 4 rings (SSSR count). The number of hydrogen-bond donors (Lipinski definition) is 5. The van der Waals surface area contributed by atoms with E-state index in [0.717, 1.165) is 51.4 Å². The molecule has 0 bridgehead atoms. The van der Waals surface area contributed by atoms with Gasteiger partial charge in [-0.1, -0.05) is 19.0 Å². The van der Waals surface area contributed by atoms with Gasteiger partial charge < -0.3 is 26.1 Å². The van der Waals surface area contributed by atoms with Crippen LogP contribution in [0.4, 0.5) is 0 Å². The normalized spacial score (nSPS) is 47.9. The molecule has 7 nitrogen and oxygen atoms in total. The molecule has 4 fully saturated rings. The third-order valence-electron chi connectivity index (χ3n) is 9.72. The minimum Gasteiger partial charge on any atom is -0.394 e. The van der Waals surface area contributed by atoms with Crippen LogP contribution in [0.2, 0.25) is 0 Å². The number of nitrogens with one attached hydrogen (secondary N) is 2. The third kappa shape index (κ3) is 3.42. The Morgan fingerprint density at radius 2 is 1.97 bits per heavy atom. The lowest BCUT2D eigenvalue weighted by Gasteiger charge is -2.63. The lowest BCUT2D eigenvalue weighted by Crippen LogP contribution is -2.62. The average Bonchev–Trinajstić information content (AvgIpc) is 2.96. The van der Waals surface area contributed by atoms with Gasteiger partial charge in [0.25, 0.3) is 0 Å². The molecule has 0 aromatic carbocycles. The highest BCUT2D eigenvalue weighted by molar-refractivity contribution is 5.74. The Morgan fingerprint density at radius 3 is 2.73 bits per heavy atom. The summed E-state index contributed by atoms with van der Waals surface area (Å²) in [5.74, 6) is 1.68. The summed E-state index contributed by atoms with van der Waals surface area (Å²) < 4.78 is 0. The molecule has 0 spiro atoms. The number of nitrogens with zero attached hydrogens (tertiary/aromatic N) is 1. The molecule has 0 aromatic heterocycles. The van der Waals surface area contributed by atoms with Crippen molar-refractivity contribution in [2.75, 3.05) is 13.2 Å². The van der Waals surface area contributed by atoms with Gasteiger partial charge in [0.1, 0.15) is 6.61 Å². The van der Waals surface area contributed by atoms with E-state index in [1.807, 2.05) is 6.21 Å². The maximum atomic E-state index is 12.1. The fourth-order valence-electron chi connectivity index (χ4n) is 7.88. The Bertz CT molecular complexity index is 687. The van der Waals surface area contributed by atoms with Gasteiger partial charge in [0.2, 0.25) is 0 Å². The molecule has 170 valence electrons. The van der Waals surface area contributed by atoms with E-state index in [1.54, 1.807) is 0 Å². The molecule has 8 atom stereocenters. The van der Waals surface area contributed by atoms with Gasteiger partial charge in [0.05, 0.1) is 18.2 Å². The minimum absolute atomic E-state index is 0.0661. The molecule has 0 saturated heterocycles. The zero-order chi connectivity index (χ0) is 21.6. The molecule has 3 unspecified atom stereocenters. The molecule has 7 heteroatoms. The average molecular weight is 421 g/mol. The molecule has 0 heterocycles. The zero-order valence-corrected chi connectivity index (χ0v) is 18.6. The summed E-state index contributed by atoms with van der Waals surface area (Å²) in [7, 11) is 0. The van der Waals surface area contributed by atoms with Crippen molar-refractivity contribution in [3.05, 3.63) is 0 Å². The molecule has 0 aliphatic heterocycles. The van der Waals surface area contributed by atoms with E-state index in [1.165, 1.54) is 6.42 Å². The van der Waals surface area contributed by atoms with E-state index in [2.05, 4.69) is 24.3 Å². The third-order valence-corrected chi connectivity index (χ3v) is 9.72. The SMILES string of the molecule is C[C@]12CCC(O)CC1CC[C@@H]1[C@H]2CC[C@]2(C)C(/C=N/OCCNC(=N)N)CC[C@@]12O. The highest BCUT2D eigenvalue weighted by Gasteiger charge is 2.66. The number of rotatable bonds is 5. The second-order valence-electron chi connectivity index (χ2n) is 10.9. The Morgan fingerprint density at radius 1 is 1.17 bits per heavy atom. The molecule has 0 radical (unpaired) electrons. The van der Waals surface area contributed by atoms with Crippen molar-refractivity contribution in [3.8, 4) is 0 Å². The van der Waals surface area contributed by atoms with Gasteiger partial charge >= 0.3 is 0 Å². The van der Waals surface area contributed by atoms with Crippen molar-refractivity contribution in [1.82, 2.24) is 5.32 Å². The number of hydrogen-bond acceptors (Lipinski definition) is 5. The number of fused-ring (bicyclic) bond motifs is 5. The Balaban J connectivity index is 1.45. The quantitative estimate of drug-likeness (QED) is 0.202. The van der Waals surface area contributed by atoms with Crippen LogP contribution in [0.1, 0.15) is 71.6 Å². The van der Waals surface area contributed by atoms with E-state index >= 15 is 0 Å². The predicted molar refractivity (Wildman–Crippen MR) is 117 cm³/mol. The van der Waals surface area contributed by atoms with Gasteiger partial charge in [0, 0.05) is 17.5 Å². The summed E-state index contributed by atoms with van der Waals surface area (Å²) >= 11 is 0. The molecule has 0 aromatic rings. The molecule has 30 heavy (non-hydrogen) atoms. The van der Waals surface area contributed by atoms with Gasteiger partial charge in [0.15, 0.2) is 5.96 Å². The highest BCUT2D eigenvalue weighted by atomic mass is 16.6. The minimum atomic E-state index is -0.632. The van der Waals surface area contributed by atoms with Gasteiger partial charge in [-0.05, 0) is 81.0 Å². The van der Waals surface area contributed by atoms with Crippen LogP contribution >= 0.6 is 0 Å². The van der Waals surface area contributed by atoms with Crippen molar-refractivity contribution >= 4 is 12.2 Å². The zero-order valence-electron chi connectivity index (χ0n) is 18.6. The molecular weight excluding hydrogens is 380 g/mol. The maximum absolute atomic E-state index is 12.1. The smallest absolute Gasteiger partial charge is 0.185 e. The van der Waals surface area contributed by atoms with Crippen molar-refractivity contribution in [2.45, 2.75) is 83.3 Å². The van der Waals surface area contributed by atoms with Crippen LogP contribution < -0.4 is 11.1 Å². The number of oxime groups is 1. The van der Waals surface area contributed by atoms with Gasteiger partial charge in [-0.2, -0.15) is 0 Å². The van der Waals surface area contributed by atoms with Crippen LogP contribution in [0.15, 0.2) is 5.16 Å². The molecule has 4 saturated carbocycles. The van der Waals surface area contributed by atoms with Crippen molar-refractivity contribution < 1.29 is 15.1 Å². The fourth-order valence-corrected chi connectivity index (χ4v) is 7.88. The van der Waals surface area contributed by atoms with Crippen LogP contribution in [0.3, 0.4) is 0 Å². The molecule has 4 aliphatic carbocycles. The number of aliphatic hydroxyl groups excluding tert-OH is 1. The van der Waals surface area contributed by atoms with Crippen molar-refractivity contribution in [2.24, 2.45) is 45.4 Å². The van der Waals surface area contributed by atoms with Crippen LogP contribution in [-0.2, 0) is 4.84 Å². The maximum Gasteiger partial charge on any atom is 0.185 e. The van der Waals surface area contributed by atoms with E-state index < -0.39 is 5.60 Å². The lowest BCUT2D eigenvalue weighted by atomic mass is 9.43. The summed E-state index contributed by atoms with van der Waals surface area (Å²) in [5, 5.41) is 36.3. The fraction of sp³-hybridized carbons (Fsp3) is 0.913. The second kappa shape index (κ2) is 7.97. The lowest BCUT2D eigenvalue weighted by molar-refractivity contribution is -0.206.